The van der Waals surface area contributed by atoms with Gasteiger partial charge in [0.1, 0.15) is 11.6 Å². The van der Waals surface area contributed by atoms with Gasteiger partial charge < -0.3 is 24.5 Å². The van der Waals surface area contributed by atoms with Gasteiger partial charge in [0.15, 0.2) is 0 Å². The minimum atomic E-state index is -1.11. The van der Waals surface area contributed by atoms with Crippen molar-refractivity contribution in [3.05, 3.63) is 61.2 Å². The maximum atomic E-state index is 15.1. The molecule has 3 unspecified atom stereocenters. The first-order valence-corrected chi connectivity index (χ1v) is 17.6. The number of likely N-dealkylation sites (tertiary alicyclic amines) is 1. The van der Waals surface area contributed by atoms with Gasteiger partial charge in [0, 0.05) is 38.3 Å². The summed E-state index contributed by atoms with van der Waals surface area (Å²) < 4.78 is 7.07. The number of aliphatic hydroxyl groups excluding tert-OH is 1. The molecule has 2 bridgehead atoms. The van der Waals surface area contributed by atoms with E-state index in [2.05, 4.69) is 54.7 Å². The number of rotatable bonds is 16. The molecule has 1 spiro atoms. The molecule has 3 saturated heterocycles. The van der Waals surface area contributed by atoms with E-state index in [0.29, 0.717) is 45.4 Å². The molecule has 8 heteroatoms. The Hall–Kier alpha value is -2.97. The number of carbonyl (C=O) groups excluding carboxylic acids is 3. The van der Waals surface area contributed by atoms with Crippen LogP contribution in [0.5, 0.6) is 0 Å². The first kappa shape index (κ1) is 36.9. The molecule has 4 rings (SSSR count). The fourth-order valence-electron chi connectivity index (χ4n) is 9.08. The Morgan fingerprint density at radius 1 is 1.02 bits per heavy atom. The quantitative estimate of drug-likeness (QED) is 0.176. The van der Waals surface area contributed by atoms with Gasteiger partial charge in [0.25, 0.3) is 0 Å². The maximum absolute atomic E-state index is 15.1. The average Bonchev–Trinajstić information content (AvgIpc) is 3.50. The second-order valence-corrected chi connectivity index (χ2v) is 16.2. The summed E-state index contributed by atoms with van der Waals surface area (Å²) in [5.41, 5.74) is -1.58. The molecule has 6 atom stereocenters. The van der Waals surface area contributed by atoms with Crippen molar-refractivity contribution in [1.82, 2.24) is 14.7 Å². The summed E-state index contributed by atoms with van der Waals surface area (Å²) >= 11 is 0. The van der Waals surface area contributed by atoms with Crippen LogP contribution in [0.4, 0.5) is 0 Å². The number of aliphatic hydroxyl groups is 1. The third-order valence-corrected chi connectivity index (χ3v) is 10.8. The molecule has 1 aromatic rings. The number of carbonyl (C=O) groups is 3. The molecule has 0 radical (unpaired) electrons. The van der Waals surface area contributed by atoms with Gasteiger partial charge in [-0.1, -0.05) is 83.0 Å². The predicted molar refractivity (Wildman–Crippen MR) is 186 cm³/mol. The Kier molecular flexibility index (Phi) is 11.2. The van der Waals surface area contributed by atoms with E-state index in [1.54, 1.807) is 22.0 Å². The van der Waals surface area contributed by atoms with E-state index in [-0.39, 0.29) is 35.7 Å². The smallest absolute Gasteiger partial charge is 0.249 e. The van der Waals surface area contributed by atoms with Crippen LogP contribution in [0.25, 0.3) is 0 Å². The highest BCUT2D eigenvalue weighted by atomic mass is 16.5. The van der Waals surface area contributed by atoms with Crippen LogP contribution in [0.1, 0.15) is 92.6 Å². The van der Waals surface area contributed by atoms with E-state index in [1.807, 2.05) is 42.2 Å². The average molecular weight is 650 g/mol. The minimum Gasteiger partial charge on any atom is -0.396 e. The second-order valence-electron chi connectivity index (χ2n) is 16.2. The molecule has 3 aliphatic rings. The Bertz CT molecular complexity index is 1310. The summed E-state index contributed by atoms with van der Waals surface area (Å²) in [6.07, 6.45) is 7.84. The van der Waals surface area contributed by atoms with Gasteiger partial charge >= 0.3 is 0 Å². The minimum absolute atomic E-state index is 0.0435. The lowest BCUT2D eigenvalue weighted by molar-refractivity contribution is -0.158. The van der Waals surface area contributed by atoms with Crippen molar-refractivity contribution < 1.29 is 24.2 Å². The van der Waals surface area contributed by atoms with E-state index in [0.717, 1.165) is 24.8 Å². The van der Waals surface area contributed by atoms with E-state index in [9.17, 15) is 14.7 Å². The zero-order chi connectivity index (χ0) is 34.8. The normalized spacial score (nSPS) is 28.3. The molecular weight excluding hydrogens is 590 g/mol. The zero-order valence-corrected chi connectivity index (χ0v) is 30.0. The monoisotopic (exact) mass is 649 g/mol. The first-order valence-electron chi connectivity index (χ1n) is 17.6. The Labute approximate surface area is 283 Å². The molecule has 1 aromatic carbocycles. The van der Waals surface area contributed by atoms with Crippen LogP contribution in [0.2, 0.25) is 0 Å². The number of nitrogens with zero attached hydrogens (tertiary/aromatic N) is 3. The van der Waals surface area contributed by atoms with Crippen molar-refractivity contribution in [3.63, 3.8) is 0 Å². The highest BCUT2D eigenvalue weighted by Gasteiger charge is 2.80. The van der Waals surface area contributed by atoms with Gasteiger partial charge in [-0.25, -0.2) is 0 Å². The number of hydrogen-bond donors (Lipinski definition) is 1. The third-order valence-electron chi connectivity index (χ3n) is 10.8. The lowest BCUT2D eigenvalue weighted by Gasteiger charge is -2.45. The van der Waals surface area contributed by atoms with Crippen LogP contribution in [0.3, 0.4) is 0 Å². The van der Waals surface area contributed by atoms with Crippen LogP contribution in [-0.2, 0) is 25.7 Å². The standard InChI is InChI=1S/C39H59N3O5/c1-10-21-40(26-29-19-15-14-16-20-29)33(44)30-31-34(45)41(23-17-12-13-18-24-43)32(39(31)25-28(3)38(30,9)47-39)35(46)42(22-11-2)37(7,8)27-36(4,5)6/h10-11,14-16,19-20,28,30-32,43H,1-2,12-13,17-18,21-27H2,3-9H3/t28?,30-,31-,32?,38+,39?/m0/s1. The fraction of sp³-hybridized carbons (Fsp3) is 0.667. The molecule has 8 nitrogen and oxygen atoms in total. The third kappa shape index (κ3) is 7.10. The molecule has 3 aliphatic heterocycles. The van der Waals surface area contributed by atoms with Gasteiger partial charge in [0.05, 0.1) is 17.4 Å². The SMILES string of the molecule is C=CCN(Cc1ccccc1)C(=O)[C@@H]1[C@H]2C(=O)N(CCCCCCO)C(C(=O)N(CC=C)C(C)(C)CC(C)(C)C)C23CC(C)[C@@]1(C)O3. The van der Waals surface area contributed by atoms with Crippen molar-refractivity contribution in [2.45, 2.75) is 116 Å². The van der Waals surface area contributed by atoms with Crippen LogP contribution in [0, 0.1) is 23.2 Å². The number of hydrogen-bond acceptors (Lipinski definition) is 5. The predicted octanol–water partition coefficient (Wildman–Crippen LogP) is 5.99. The first-order chi connectivity index (χ1) is 22.1. The summed E-state index contributed by atoms with van der Waals surface area (Å²) in [7, 11) is 0. The summed E-state index contributed by atoms with van der Waals surface area (Å²) in [4.78, 5) is 50.0. The summed E-state index contributed by atoms with van der Waals surface area (Å²) in [5.74, 6) is -1.96. The number of ether oxygens (including phenoxy) is 1. The number of unbranched alkanes of at least 4 members (excludes halogenated alkanes) is 3. The van der Waals surface area contributed by atoms with Gasteiger partial charge in [0.2, 0.25) is 17.7 Å². The molecule has 0 aliphatic carbocycles. The Balaban J connectivity index is 1.79. The Morgan fingerprint density at radius 2 is 1.66 bits per heavy atom. The van der Waals surface area contributed by atoms with Crippen LogP contribution < -0.4 is 0 Å². The molecule has 0 saturated carbocycles. The highest BCUT2D eigenvalue weighted by Crippen LogP contribution is 2.65. The number of amides is 3. The molecule has 47 heavy (non-hydrogen) atoms. The lowest BCUT2D eigenvalue weighted by atomic mass is 9.62. The van der Waals surface area contributed by atoms with E-state index >= 15 is 4.79 Å². The summed E-state index contributed by atoms with van der Waals surface area (Å²) in [5, 5.41) is 9.31. The second kappa shape index (κ2) is 14.3. The molecule has 260 valence electrons. The number of fused-ring (bicyclic) bond motifs is 1. The maximum Gasteiger partial charge on any atom is 0.249 e. The summed E-state index contributed by atoms with van der Waals surface area (Å²) in [6, 6.07) is 9.00. The van der Waals surface area contributed by atoms with Crippen molar-refractivity contribution >= 4 is 17.7 Å². The number of benzene rings is 1. The lowest BCUT2D eigenvalue weighted by Crippen LogP contribution is -2.61. The molecular formula is C39H59N3O5. The fourth-order valence-corrected chi connectivity index (χ4v) is 9.08. The molecule has 3 fully saturated rings. The van der Waals surface area contributed by atoms with Crippen LogP contribution in [0.15, 0.2) is 55.6 Å². The molecule has 3 amide bonds. The van der Waals surface area contributed by atoms with Gasteiger partial charge in [-0.3, -0.25) is 14.4 Å². The topological polar surface area (TPSA) is 90.4 Å². The molecule has 1 N–H and O–H groups in total. The van der Waals surface area contributed by atoms with Crippen molar-refractivity contribution in [3.8, 4) is 0 Å². The van der Waals surface area contributed by atoms with Crippen molar-refractivity contribution in [2.24, 2.45) is 23.2 Å². The zero-order valence-electron chi connectivity index (χ0n) is 30.0. The molecule has 3 heterocycles. The van der Waals surface area contributed by atoms with E-state index < -0.39 is 34.6 Å². The van der Waals surface area contributed by atoms with Gasteiger partial charge in [-0.15, -0.1) is 13.2 Å². The Morgan fingerprint density at radius 3 is 2.26 bits per heavy atom. The summed E-state index contributed by atoms with van der Waals surface area (Å²) in [6.45, 7) is 24.3. The van der Waals surface area contributed by atoms with Crippen molar-refractivity contribution in [2.75, 3.05) is 26.2 Å². The van der Waals surface area contributed by atoms with Crippen LogP contribution >= 0.6 is 0 Å². The van der Waals surface area contributed by atoms with Crippen LogP contribution in [-0.4, -0.2) is 86.6 Å². The van der Waals surface area contributed by atoms with E-state index in [1.165, 1.54) is 0 Å². The van der Waals surface area contributed by atoms with Gasteiger partial charge in [-0.05, 0) is 63.4 Å². The molecule has 0 aromatic heterocycles. The highest BCUT2D eigenvalue weighted by molar-refractivity contribution is 5.99. The van der Waals surface area contributed by atoms with Crippen molar-refractivity contribution in [1.29, 1.82) is 0 Å². The largest absolute Gasteiger partial charge is 0.396 e. The van der Waals surface area contributed by atoms with E-state index in [4.69, 9.17) is 4.74 Å². The van der Waals surface area contributed by atoms with Gasteiger partial charge in [-0.2, -0.15) is 0 Å².